The van der Waals surface area contributed by atoms with E-state index >= 15 is 0 Å². The van der Waals surface area contributed by atoms with Crippen LogP contribution in [-0.2, 0) is 4.79 Å². The Kier molecular flexibility index (Phi) is 4.16. The minimum absolute atomic E-state index is 0.133. The third-order valence-electron chi connectivity index (χ3n) is 2.68. The van der Waals surface area contributed by atoms with Crippen molar-refractivity contribution in [2.45, 2.75) is 12.8 Å². The summed E-state index contributed by atoms with van der Waals surface area (Å²) in [5.74, 6) is 6.76. The predicted octanol–water partition coefficient (Wildman–Crippen LogP) is 1.81. The smallest absolute Gasteiger partial charge is 0.150 e. The van der Waals surface area contributed by atoms with Gasteiger partial charge in [0.2, 0.25) is 0 Å². The van der Waals surface area contributed by atoms with E-state index in [1.807, 2.05) is 24.3 Å². The first kappa shape index (κ1) is 12.4. The maximum atomic E-state index is 11.0. The summed E-state index contributed by atoms with van der Waals surface area (Å²) in [6, 6.07) is 7.55. The Morgan fingerprint density at radius 3 is 3.00 bits per heavy atom. The van der Waals surface area contributed by atoms with E-state index in [1.54, 1.807) is 0 Å². The van der Waals surface area contributed by atoms with Crippen LogP contribution in [0.5, 0.6) is 5.75 Å². The number of hydrogen-bond acceptors (Lipinski definition) is 3. The Bertz CT molecular complexity index is 532. The summed E-state index contributed by atoms with van der Waals surface area (Å²) in [5.41, 5.74) is 2.18. The molecule has 1 aromatic rings. The molecule has 3 heteroatoms. The van der Waals surface area contributed by atoms with E-state index < -0.39 is 0 Å². The molecule has 0 spiro atoms. The first-order valence-corrected chi connectivity index (χ1v) is 5.87. The lowest BCUT2D eigenvalue weighted by Crippen LogP contribution is -2.11. The Morgan fingerprint density at radius 1 is 1.39 bits per heavy atom. The number of aliphatic hydroxyl groups excluding tert-OH is 1. The molecule has 0 fully saturated rings. The molecule has 1 N–H and O–H groups in total. The summed E-state index contributed by atoms with van der Waals surface area (Å²) in [7, 11) is 0. The molecule has 0 amide bonds. The van der Waals surface area contributed by atoms with Crippen molar-refractivity contribution >= 4 is 11.9 Å². The third kappa shape index (κ3) is 2.61. The van der Waals surface area contributed by atoms with Gasteiger partial charge in [-0.2, -0.15) is 0 Å². The van der Waals surface area contributed by atoms with Gasteiger partial charge >= 0.3 is 0 Å². The van der Waals surface area contributed by atoms with E-state index in [0.29, 0.717) is 18.4 Å². The summed E-state index contributed by atoms with van der Waals surface area (Å²) < 4.78 is 5.49. The average molecular weight is 242 g/mol. The molecule has 0 bridgehead atoms. The van der Waals surface area contributed by atoms with E-state index in [1.165, 1.54) is 0 Å². The third-order valence-corrected chi connectivity index (χ3v) is 2.68. The van der Waals surface area contributed by atoms with Gasteiger partial charge in [-0.15, -0.1) is 0 Å². The van der Waals surface area contributed by atoms with Gasteiger partial charge in [-0.25, -0.2) is 0 Å². The summed E-state index contributed by atoms with van der Waals surface area (Å²) in [4.78, 5) is 11.0. The van der Waals surface area contributed by atoms with Gasteiger partial charge in [0.1, 0.15) is 12.4 Å². The molecule has 92 valence electrons. The second-order valence-corrected chi connectivity index (χ2v) is 3.93. The van der Waals surface area contributed by atoms with Crippen LogP contribution in [0.15, 0.2) is 29.8 Å². The number of carbonyl (C=O) groups excluding carboxylic acids is 1. The normalized spacial score (nSPS) is 13.2. The van der Waals surface area contributed by atoms with Crippen LogP contribution in [0.1, 0.15) is 18.4 Å². The number of benzene rings is 1. The Morgan fingerprint density at radius 2 is 2.22 bits per heavy atom. The van der Waals surface area contributed by atoms with Crippen molar-refractivity contribution in [2.24, 2.45) is 0 Å². The van der Waals surface area contributed by atoms with Gasteiger partial charge in [0.05, 0.1) is 0 Å². The fourth-order valence-electron chi connectivity index (χ4n) is 1.76. The molecule has 0 saturated carbocycles. The second kappa shape index (κ2) is 6.04. The molecule has 0 radical (unpaired) electrons. The number of aliphatic hydroxyl groups is 1. The van der Waals surface area contributed by atoms with Crippen LogP contribution in [0, 0.1) is 11.8 Å². The maximum Gasteiger partial charge on any atom is 0.150 e. The van der Waals surface area contributed by atoms with E-state index in [4.69, 9.17) is 9.84 Å². The zero-order valence-electron chi connectivity index (χ0n) is 9.98. The number of unbranched alkanes of at least 4 members (excludes halogenated alkanes) is 1. The Labute approximate surface area is 106 Å². The first-order valence-electron chi connectivity index (χ1n) is 5.87. The standard InChI is InChI=1S/C15H14O3/c16-9-5-1-2-6-13-12(10-17)11-18-15-8-4-3-7-14(13)15/h3-4,7-8,10,16H,1,5,9,11H2. The number of fused-ring (bicyclic) bond motifs is 1. The molecule has 0 aliphatic carbocycles. The number of allylic oxidation sites excluding steroid dienone is 1. The second-order valence-electron chi connectivity index (χ2n) is 3.93. The molecule has 1 aromatic carbocycles. The van der Waals surface area contributed by atoms with Crippen molar-refractivity contribution in [3.63, 3.8) is 0 Å². The summed E-state index contributed by atoms with van der Waals surface area (Å²) in [5, 5.41) is 8.70. The quantitative estimate of drug-likeness (QED) is 0.499. The van der Waals surface area contributed by atoms with Gasteiger partial charge in [-0.05, 0) is 18.6 Å². The van der Waals surface area contributed by atoms with Crippen molar-refractivity contribution in [3.05, 3.63) is 35.4 Å². The van der Waals surface area contributed by atoms with Crippen LogP contribution in [0.25, 0.3) is 5.57 Å². The molecular weight excluding hydrogens is 228 g/mol. The van der Waals surface area contributed by atoms with Crippen LogP contribution < -0.4 is 4.74 Å². The zero-order valence-corrected chi connectivity index (χ0v) is 9.98. The highest BCUT2D eigenvalue weighted by Crippen LogP contribution is 2.31. The van der Waals surface area contributed by atoms with Gasteiger partial charge in [0.15, 0.2) is 6.29 Å². The molecule has 2 rings (SSSR count). The number of ether oxygens (including phenoxy) is 1. The Balaban J connectivity index is 2.34. The van der Waals surface area contributed by atoms with Crippen molar-refractivity contribution in [2.75, 3.05) is 13.2 Å². The predicted molar refractivity (Wildman–Crippen MR) is 69.0 cm³/mol. The van der Waals surface area contributed by atoms with Crippen molar-refractivity contribution < 1.29 is 14.6 Å². The highest BCUT2D eigenvalue weighted by atomic mass is 16.5. The van der Waals surface area contributed by atoms with Crippen LogP contribution in [0.3, 0.4) is 0 Å². The Hall–Kier alpha value is -2.05. The SMILES string of the molecule is O=CC1=C(C#CCCCO)c2ccccc2OC1. The van der Waals surface area contributed by atoms with E-state index in [9.17, 15) is 4.79 Å². The average Bonchev–Trinajstić information content (AvgIpc) is 2.43. The molecule has 3 nitrogen and oxygen atoms in total. The van der Waals surface area contributed by atoms with Crippen molar-refractivity contribution in [1.29, 1.82) is 0 Å². The molecule has 18 heavy (non-hydrogen) atoms. The summed E-state index contributed by atoms with van der Waals surface area (Å²) in [6.45, 7) is 0.401. The molecule has 0 aromatic heterocycles. The molecule has 0 atom stereocenters. The zero-order chi connectivity index (χ0) is 12.8. The van der Waals surface area contributed by atoms with E-state index in [2.05, 4.69) is 11.8 Å². The van der Waals surface area contributed by atoms with Gasteiger partial charge in [0.25, 0.3) is 0 Å². The minimum Gasteiger partial charge on any atom is -0.488 e. The van der Waals surface area contributed by atoms with E-state index in [-0.39, 0.29) is 13.2 Å². The summed E-state index contributed by atoms with van der Waals surface area (Å²) in [6.07, 6.45) is 2.07. The fraction of sp³-hybridized carbons (Fsp3) is 0.267. The topological polar surface area (TPSA) is 46.5 Å². The van der Waals surface area contributed by atoms with Crippen LogP contribution in [0.2, 0.25) is 0 Å². The molecule has 1 aliphatic rings. The first-order chi connectivity index (χ1) is 8.86. The number of rotatable bonds is 3. The lowest BCUT2D eigenvalue weighted by molar-refractivity contribution is -0.105. The van der Waals surface area contributed by atoms with E-state index in [0.717, 1.165) is 23.2 Å². The molecular formula is C15H14O3. The van der Waals surface area contributed by atoms with Crippen LogP contribution in [-0.4, -0.2) is 24.6 Å². The summed E-state index contributed by atoms with van der Waals surface area (Å²) >= 11 is 0. The lowest BCUT2D eigenvalue weighted by Gasteiger charge is -2.18. The van der Waals surface area contributed by atoms with Gasteiger partial charge in [-0.3, -0.25) is 4.79 Å². The van der Waals surface area contributed by atoms with Crippen molar-refractivity contribution in [3.8, 4) is 17.6 Å². The number of hydrogen-bond donors (Lipinski definition) is 1. The highest BCUT2D eigenvalue weighted by Gasteiger charge is 2.17. The van der Waals surface area contributed by atoms with Gasteiger partial charge < -0.3 is 9.84 Å². The number of para-hydroxylation sites is 1. The number of aldehydes is 1. The molecule has 0 unspecified atom stereocenters. The van der Waals surface area contributed by atoms with Crippen LogP contribution in [0.4, 0.5) is 0 Å². The van der Waals surface area contributed by atoms with Crippen molar-refractivity contribution in [1.82, 2.24) is 0 Å². The lowest BCUT2D eigenvalue weighted by atomic mass is 9.98. The molecule has 1 aliphatic heterocycles. The molecule has 1 heterocycles. The monoisotopic (exact) mass is 242 g/mol. The van der Waals surface area contributed by atoms with Crippen LogP contribution >= 0.6 is 0 Å². The van der Waals surface area contributed by atoms with Gasteiger partial charge in [-0.1, -0.05) is 24.0 Å². The maximum absolute atomic E-state index is 11.0. The number of carbonyl (C=O) groups is 1. The van der Waals surface area contributed by atoms with Gasteiger partial charge in [0, 0.05) is 29.7 Å². The highest BCUT2D eigenvalue weighted by molar-refractivity contribution is 5.97. The fourth-order valence-corrected chi connectivity index (χ4v) is 1.76. The minimum atomic E-state index is 0.133. The molecule has 0 saturated heterocycles. The largest absolute Gasteiger partial charge is 0.488 e.